The van der Waals surface area contributed by atoms with E-state index in [2.05, 4.69) is 27.8 Å². The van der Waals surface area contributed by atoms with Gasteiger partial charge in [0, 0.05) is 4.47 Å². The van der Waals surface area contributed by atoms with Gasteiger partial charge in [-0.15, -0.1) is 6.58 Å². The number of aliphatic carboxylic acids is 1. The molecule has 1 aromatic carbocycles. The number of hydrogen-bond donors (Lipinski definition) is 2. The number of rotatable bonds is 5. The highest BCUT2D eigenvalue weighted by Gasteiger charge is 2.21. The van der Waals surface area contributed by atoms with Gasteiger partial charge >= 0.3 is 5.97 Å². The number of amides is 1. The average molecular weight is 316 g/mol. The first-order chi connectivity index (χ1) is 8.45. The average Bonchev–Trinajstić information content (AvgIpc) is 2.31. The Hall–Kier alpha value is -1.69. The summed E-state index contributed by atoms with van der Waals surface area (Å²) in [5, 5.41) is 11.1. The lowest BCUT2D eigenvalue weighted by atomic mass is 10.1. The minimum Gasteiger partial charge on any atom is -0.480 e. The van der Waals surface area contributed by atoms with Gasteiger partial charge in [0.1, 0.15) is 11.9 Å². The van der Waals surface area contributed by atoms with Crippen LogP contribution in [0, 0.1) is 5.82 Å². The third kappa shape index (κ3) is 3.66. The molecule has 1 unspecified atom stereocenters. The molecule has 0 bridgehead atoms. The van der Waals surface area contributed by atoms with Gasteiger partial charge in [0.15, 0.2) is 0 Å². The van der Waals surface area contributed by atoms with Crippen molar-refractivity contribution < 1.29 is 19.1 Å². The Bertz CT molecular complexity index is 490. The lowest BCUT2D eigenvalue weighted by Crippen LogP contribution is -2.40. The van der Waals surface area contributed by atoms with Crippen molar-refractivity contribution in [2.75, 3.05) is 0 Å². The maximum Gasteiger partial charge on any atom is 0.326 e. The van der Waals surface area contributed by atoms with Crippen molar-refractivity contribution in [1.29, 1.82) is 0 Å². The molecule has 1 atom stereocenters. The number of hydrogen-bond acceptors (Lipinski definition) is 2. The highest BCUT2D eigenvalue weighted by Crippen LogP contribution is 2.15. The van der Waals surface area contributed by atoms with E-state index in [0.717, 1.165) is 6.07 Å². The van der Waals surface area contributed by atoms with Gasteiger partial charge < -0.3 is 10.4 Å². The molecule has 1 aromatic rings. The van der Waals surface area contributed by atoms with Crippen molar-refractivity contribution in [3.63, 3.8) is 0 Å². The first kappa shape index (κ1) is 14.4. The van der Waals surface area contributed by atoms with E-state index in [4.69, 9.17) is 5.11 Å². The molecule has 0 spiro atoms. The van der Waals surface area contributed by atoms with Gasteiger partial charge in [0.25, 0.3) is 5.91 Å². The van der Waals surface area contributed by atoms with E-state index in [-0.39, 0.29) is 12.0 Å². The Morgan fingerprint density at radius 1 is 1.56 bits per heavy atom. The molecule has 0 heterocycles. The van der Waals surface area contributed by atoms with E-state index < -0.39 is 23.7 Å². The molecule has 0 saturated carbocycles. The van der Waals surface area contributed by atoms with Crippen LogP contribution in [0.3, 0.4) is 0 Å². The minimum absolute atomic E-state index is 0.0662. The largest absolute Gasteiger partial charge is 0.480 e. The topological polar surface area (TPSA) is 66.4 Å². The van der Waals surface area contributed by atoms with Gasteiger partial charge in [-0.25, -0.2) is 9.18 Å². The Labute approximate surface area is 112 Å². The van der Waals surface area contributed by atoms with Crippen molar-refractivity contribution in [2.45, 2.75) is 12.5 Å². The molecule has 6 heteroatoms. The molecular formula is C12H11BrFNO3. The maximum atomic E-state index is 13.4. The monoisotopic (exact) mass is 315 g/mol. The number of carboxylic acids is 1. The van der Waals surface area contributed by atoms with E-state index >= 15 is 0 Å². The van der Waals surface area contributed by atoms with Gasteiger partial charge in [-0.3, -0.25) is 4.79 Å². The van der Waals surface area contributed by atoms with Crippen LogP contribution < -0.4 is 5.32 Å². The molecule has 2 N–H and O–H groups in total. The zero-order valence-corrected chi connectivity index (χ0v) is 10.9. The number of carbonyl (C=O) groups excluding carboxylic acids is 1. The molecule has 4 nitrogen and oxygen atoms in total. The van der Waals surface area contributed by atoms with E-state index in [0.29, 0.717) is 4.47 Å². The fourth-order valence-electron chi connectivity index (χ4n) is 1.30. The molecular weight excluding hydrogens is 305 g/mol. The predicted molar refractivity (Wildman–Crippen MR) is 67.8 cm³/mol. The van der Waals surface area contributed by atoms with Crippen LogP contribution in [0.4, 0.5) is 4.39 Å². The highest BCUT2D eigenvalue weighted by molar-refractivity contribution is 9.10. The maximum absolute atomic E-state index is 13.4. The second kappa shape index (κ2) is 6.30. The van der Waals surface area contributed by atoms with Crippen molar-refractivity contribution >= 4 is 27.8 Å². The second-order valence-corrected chi connectivity index (χ2v) is 4.43. The molecule has 0 aliphatic rings. The normalized spacial score (nSPS) is 11.7. The summed E-state index contributed by atoms with van der Waals surface area (Å²) in [4.78, 5) is 22.6. The number of benzene rings is 1. The van der Waals surface area contributed by atoms with E-state index in [1.54, 1.807) is 0 Å². The molecule has 1 rings (SSSR count). The lowest BCUT2D eigenvalue weighted by Gasteiger charge is -2.13. The molecule has 18 heavy (non-hydrogen) atoms. The van der Waals surface area contributed by atoms with Crippen LogP contribution in [0.1, 0.15) is 16.8 Å². The summed E-state index contributed by atoms with van der Waals surface area (Å²) in [6.45, 7) is 3.40. The summed E-state index contributed by atoms with van der Waals surface area (Å²) in [6.07, 6.45) is 1.44. The van der Waals surface area contributed by atoms with Crippen LogP contribution in [0.15, 0.2) is 35.3 Å². The summed E-state index contributed by atoms with van der Waals surface area (Å²) < 4.78 is 13.9. The molecule has 96 valence electrons. The first-order valence-electron chi connectivity index (χ1n) is 5.05. The quantitative estimate of drug-likeness (QED) is 0.820. The van der Waals surface area contributed by atoms with E-state index in [9.17, 15) is 14.0 Å². The molecule has 0 radical (unpaired) electrons. The van der Waals surface area contributed by atoms with Crippen LogP contribution in [-0.4, -0.2) is 23.0 Å². The van der Waals surface area contributed by atoms with Crippen LogP contribution in [-0.2, 0) is 4.79 Å². The van der Waals surface area contributed by atoms with Gasteiger partial charge in [0.2, 0.25) is 0 Å². The Balaban J connectivity index is 2.89. The van der Waals surface area contributed by atoms with Crippen molar-refractivity contribution in [3.8, 4) is 0 Å². The zero-order chi connectivity index (χ0) is 13.7. The number of nitrogens with one attached hydrogen (secondary N) is 1. The number of carboxylic acid groups (broad SMARTS) is 1. The van der Waals surface area contributed by atoms with Gasteiger partial charge in [-0.1, -0.05) is 22.0 Å². The molecule has 0 fully saturated rings. The first-order valence-corrected chi connectivity index (χ1v) is 5.84. The van der Waals surface area contributed by atoms with E-state index in [1.807, 2.05) is 0 Å². The smallest absolute Gasteiger partial charge is 0.326 e. The highest BCUT2D eigenvalue weighted by atomic mass is 79.9. The number of carbonyl (C=O) groups is 2. The van der Waals surface area contributed by atoms with E-state index in [1.165, 1.54) is 18.2 Å². The lowest BCUT2D eigenvalue weighted by molar-refractivity contribution is -0.139. The summed E-state index contributed by atoms with van der Waals surface area (Å²) >= 11 is 3.11. The molecule has 0 aliphatic carbocycles. The summed E-state index contributed by atoms with van der Waals surface area (Å²) in [5.74, 6) is -2.68. The Morgan fingerprint density at radius 3 is 2.78 bits per heavy atom. The van der Waals surface area contributed by atoms with Crippen LogP contribution >= 0.6 is 15.9 Å². The fraction of sp³-hybridized carbons (Fsp3) is 0.167. The predicted octanol–water partition coefficient (Wildman–Crippen LogP) is 2.35. The van der Waals surface area contributed by atoms with Crippen molar-refractivity contribution in [2.24, 2.45) is 0 Å². The van der Waals surface area contributed by atoms with Crippen LogP contribution in [0.25, 0.3) is 0 Å². The standard InChI is InChI=1S/C12H11BrFNO3/c1-2-3-10(12(17)18)15-11(16)8-6-7(13)4-5-9(8)14/h2,4-6,10H,1,3H2,(H,15,16)(H,17,18). The van der Waals surface area contributed by atoms with Crippen LogP contribution in [0.2, 0.25) is 0 Å². The minimum atomic E-state index is -1.20. The summed E-state index contributed by atoms with van der Waals surface area (Å²) in [7, 11) is 0. The van der Waals surface area contributed by atoms with Gasteiger partial charge in [0.05, 0.1) is 5.56 Å². The summed E-state index contributed by atoms with van der Waals surface area (Å²) in [5.41, 5.74) is -0.209. The second-order valence-electron chi connectivity index (χ2n) is 3.51. The van der Waals surface area contributed by atoms with Gasteiger partial charge in [-0.2, -0.15) is 0 Å². The molecule has 1 amide bonds. The number of halogens is 2. The molecule has 0 aliphatic heterocycles. The SMILES string of the molecule is C=CCC(NC(=O)c1cc(Br)ccc1F)C(=O)O. The zero-order valence-electron chi connectivity index (χ0n) is 9.32. The third-order valence-corrected chi connectivity index (χ3v) is 2.67. The summed E-state index contributed by atoms with van der Waals surface area (Å²) in [6, 6.07) is 2.75. The third-order valence-electron chi connectivity index (χ3n) is 2.18. The molecule has 0 aromatic heterocycles. The Kier molecular flexibility index (Phi) is 5.03. The van der Waals surface area contributed by atoms with Crippen molar-refractivity contribution in [1.82, 2.24) is 5.32 Å². The van der Waals surface area contributed by atoms with Crippen LogP contribution in [0.5, 0.6) is 0 Å². The molecule has 0 saturated heterocycles. The van der Waals surface area contributed by atoms with Crippen molar-refractivity contribution in [3.05, 3.63) is 46.7 Å². The van der Waals surface area contributed by atoms with Gasteiger partial charge in [-0.05, 0) is 24.6 Å². The Morgan fingerprint density at radius 2 is 2.22 bits per heavy atom. The fourth-order valence-corrected chi connectivity index (χ4v) is 1.66.